The molecule has 0 bridgehead atoms. The van der Waals surface area contributed by atoms with Crippen LogP contribution in [-0.4, -0.2) is 13.2 Å². The Labute approximate surface area is 315 Å². The van der Waals surface area contributed by atoms with Crippen molar-refractivity contribution in [1.82, 2.24) is 0 Å². The number of benzene rings is 4. The Bertz CT molecular complexity index is 1580. The van der Waals surface area contributed by atoms with E-state index in [2.05, 4.69) is 86.6 Å². The SMILES string of the molecule is CCCCCCCCCCCCOc1ccc2cc(CC#N)ccc2c1-c1c(OCCCCCCCCCCCC)ccc2cc(CC#N)ccc12. The normalized spacial score (nSPS) is 11.2. The molecule has 4 aromatic rings. The zero-order valence-electron chi connectivity index (χ0n) is 32.5. The van der Waals surface area contributed by atoms with Gasteiger partial charge in [0.05, 0.1) is 38.2 Å². The minimum absolute atomic E-state index is 0.380. The molecule has 0 saturated carbocycles. The molecule has 4 heteroatoms. The highest BCUT2D eigenvalue weighted by molar-refractivity contribution is 6.10. The van der Waals surface area contributed by atoms with E-state index in [9.17, 15) is 10.5 Å². The molecular formula is C48H64N2O2. The Morgan fingerprint density at radius 3 is 1.12 bits per heavy atom. The van der Waals surface area contributed by atoms with Crippen LogP contribution in [0.4, 0.5) is 0 Å². The van der Waals surface area contributed by atoms with Crippen molar-refractivity contribution in [1.29, 1.82) is 10.5 Å². The fraction of sp³-hybridized carbons (Fsp3) is 0.542. The van der Waals surface area contributed by atoms with Gasteiger partial charge in [0.25, 0.3) is 0 Å². The first-order valence-electron chi connectivity index (χ1n) is 20.8. The van der Waals surface area contributed by atoms with E-state index in [1.807, 2.05) is 0 Å². The third-order valence-corrected chi connectivity index (χ3v) is 10.4. The quantitative estimate of drug-likeness (QED) is 0.0581. The van der Waals surface area contributed by atoms with Crippen LogP contribution >= 0.6 is 0 Å². The third kappa shape index (κ3) is 13.2. The van der Waals surface area contributed by atoms with Crippen LogP contribution in [0.2, 0.25) is 0 Å². The Morgan fingerprint density at radius 1 is 0.423 bits per heavy atom. The molecule has 4 rings (SSSR count). The predicted octanol–water partition coefficient (Wildman–Crippen LogP) is 14.4. The van der Waals surface area contributed by atoms with Gasteiger partial charge in [0.1, 0.15) is 11.5 Å². The lowest BCUT2D eigenvalue weighted by atomic mass is 9.90. The lowest BCUT2D eigenvalue weighted by Crippen LogP contribution is -2.03. The van der Waals surface area contributed by atoms with Crippen LogP contribution in [0, 0.1) is 22.7 Å². The highest BCUT2D eigenvalue weighted by Gasteiger charge is 2.20. The van der Waals surface area contributed by atoms with Gasteiger partial charge in [-0.15, -0.1) is 0 Å². The summed E-state index contributed by atoms with van der Waals surface area (Å²) in [6.07, 6.45) is 26.6. The number of nitrogens with zero attached hydrogens (tertiary/aromatic N) is 2. The van der Waals surface area contributed by atoms with E-state index in [0.717, 1.165) is 68.1 Å². The van der Waals surface area contributed by atoms with E-state index in [1.54, 1.807) is 0 Å². The molecule has 52 heavy (non-hydrogen) atoms. The number of unbranched alkanes of at least 4 members (excludes halogenated alkanes) is 18. The molecule has 0 amide bonds. The van der Waals surface area contributed by atoms with Crippen LogP contribution in [0.15, 0.2) is 60.7 Å². The second-order valence-electron chi connectivity index (χ2n) is 14.7. The van der Waals surface area contributed by atoms with Crippen molar-refractivity contribution in [3.63, 3.8) is 0 Å². The summed E-state index contributed by atoms with van der Waals surface area (Å²) >= 11 is 0. The second kappa shape index (κ2) is 24.3. The Balaban J connectivity index is 1.54. The minimum Gasteiger partial charge on any atom is -0.493 e. The van der Waals surface area contributed by atoms with Crippen LogP contribution in [0.1, 0.15) is 153 Å². The summed E-state index contributed by atoms with van der Waals surface area (Å²) < 4.78 is 13.4. The average molecular weight is 701 g/mol. The van der Waals surface area contributed by atoms with Crippen molar-refractivity contribution in [2.75, 3.05) is 13.2 Å². The van der Waals surface area contributed by atoms with Crippen LogP contribution in [0.5, 0.6) is 11.5 Å². The van der Waals surface area contributed by atoms with Gasteiger partial charge < -0.3 is 9.47 Å². The third-order valence-electron chi connectivity index (χ3n) is 10.4. The molecule has 0 N–H and O–H groups in total. The largest absolute Gasteiger partial charge is 0.493 e. The topological polar surface area (TPSA) is 66.0 Å². The highest BCUT2D eigenvalue weighted by atomic mass is 16.5. The Kier molecular flexibility index (Phi) is 19.0. The van der Waals surface area contributed by atoms with E-state index >= 15 is 0 Å². The molecule has 0 saturated heterocycles. The molecule has 0 aliphatic carbocycles. The van der Waals surface area contributed by atoms with Gasteiger partial charge in [-0.05, 0) is 57.6 Å². The maximum absolute atomic E-state index is 9.41. The van der Waals surface area contributed by atoms with Crippen LogP contribution in [0.25, 0.3) is 32.7 Å². The molecule has 0 radical (unpaired) electrons. The molecule has 0 spiro atoms. The summed E-state index contributed by atoms with van der Waals surface area (Å²) in [5.74, 6) is 1.74. The van der Waals surface area contributed by atoms with Crippen LogP contribution in [-0.2, 0) is 12.8 Å². The van der Waals surface area contributed by atoms with Gasteiger partial charge in [-0.1, -0.05) is 178 Å². The summed E-state index contributed by atoms with van der Waals surface area (Å²) in [5.41, 5.74) is 4.11. The molecule has 4 aromatic carbocycles. The molecule has 0 atom stereocenters. The van der Waals surface area contributed by atoms with Crippen LogP contribution in [0.3, 0.4) is 0 Å². The van der Waals surface area contributed by atoms with Crippen molar-refractivity contribution in [2.45, 2.75) is 155 Å². The Morgan fingerprint density at radius 2 is 0.769 bits per heavy atom. The maximum atomic E-state index is 9.41. The van der Waals surface area contributed by atoms with Crippen molar-refractivity contribution >= 4 is 21.5 Å². The number of hydrogen-bond donors (Lipinski definition) is 0. The van der Waals surface area contributed by atoms with Crippen molar-refractivity contribution in [3.8, 4) is 34.8 Å². The summed E-state index contributed by atoms with van der Waals surface area (Å²) in [6.45, 7) is 5.90. The van der Waals surface area contributed by atoms with Gasteiger partial charge >= 0.3 is 0 Å². The fourth-order valence-corrected chi connectivity index (χ4v) is 7.42. The fourth-order valence-electron chi connectivity index (χ4n) is 7.42. The van der Waals surface area contributed by atoms with Gasteiger partial charge in [-0.2, -0.15) is 10.5 Å². The summed E-state index contributed by atoms with van der Waals surface area (Å²) in [5, 5.41) is 23.2. The maximum Gasteiger partial charge on any atom is 0.127 e. The first-order chi connectivity index (χ1) is 25.7. The zero-order valence-corrected chi connectivity index (χ0v) is 32.5. The molecule has 278 valence electrons. The van der Waals surface area contributed by atoms with Gasteiger partial charge in [-0.25, -0.2) is 0 Å². The predicted molar refractivity (Wildman–Crippen MR) is 220 cm³/mol. The molecular weight excluding hydrogens is 637 g/mol. The van der Waals surface area contributed by atoms with Gasteiger partial charge in [0.2, 0.25) is 0 Å². The first-order valence-corrected chi connectivity index (χ1v) is 20.8. The Hall–Kier alpha value is -4.02. The van der Waals surface area contributed by atoms with Crippen molar-refractivity contribution in [2.24, 2.45) is 0 Å². The monoisotopic (exact) mass is 700 g/mol. The smallest absolute Gasteiger partial charge is 0.127 e. The van der Waals surface area contributed by atoms with E-state index < -0.39 is 0 Å². The average Bonchev–Trinajstić information content (AvgIpc) is 3.16. The number of nitriles is 2. The van der Waals surface area contributed by atoms with E-state index in [0.29, 0.717) is 26.1 Å². The van der Waals surface area contributed by atoms with E-state index in [1.165, 1.54) is 116 Å². The summed E-state index contributed by atoms with van der Waals surface area (Å²) in [6, 6.07) is 25.8. The number of ether oxygens (including phenoxy) is 2. The first kappa shape index (κ1) is 40.7. The van der Waals surface area contributed by atoms with Crippen molar-refractivity contribution in [3.05, 3.63) is 71.8 Å². The summed E-state index contributed by atoms with van der Waals surface area (Å²) in [4.78, 5) is 0. The molecule has 0 aromatic heterocycles. The van der Waals surface area contributed by atoms with Crippen molar-refractivity contribution < 1.29 is 9.47 Å². The number of rotatable bonds is 27. The molecule has 0 heterocycles. The number of hydrogen-bond acceptors (Lipinski definition) is 4. The lowest BCUT2D eigenvalue weighted by Gasteiger charge is -2.20. The standard InChI is InChI=1S/C48H64N2O2/c1-3-5-7-9-11-13-15-17-19-21-35-51-45-29-25-41-37-39(31-33-49)23-27-43(41)47(45)48-44-28-24-40(32-34-50)38-42(44)26-30-46(48)52-36-22-20-18-16-14-12-10-8-6-4-2/h23-30,37-38H,3-22,31-32,35-36H2,1-2H3. The van der Waals surface area contributed by atoms with Gasteiger partial charge in [0.15, 0.2) is 0 Å². The zero-order chi connectivity index (χ0) is 36.6. The second-order valence-corrected chi connectivity index (χ2v) is 14.7. The molecule has 4 nitrogen and oxygen atoms in total. The molecule has 0 unspecified atom stereocenters. The summed E-state index contributed by atoms with van der Waals surface area (Å²) in [7, 11) is 0. The molecule has 0 aliphatic heterocycles. The minimum atomic E-state index is 0.380. The molecule has 0 aliphatic rings. The molecule has 0 fully saturated rings. The van der Waals surface area contributed by atoms with Crippen LogP contribution < -0.4 is 9.47 Å². The highest BCUT2D eigenvalue weighted by Crippen LogP contribution is 2.46. The van der Waals surface area contributed by atoms with E-state index in [-0.39, 0.29) is 0 Å². The van der Waals surface area contributed by atoms with E-state index in [4.69, 9.17) is 9.47 Å². The van der Waals surface area contributed by atoms with Gasteiger partial charge in [0, 0.05) is 11.1 Å². The lowest BCUT2D eigenvalue weighted by molar-refractivity contribution is 0.301. The van der Waals surface area contributed by atoms with Gasteiger partial charge in [-0.3, -0.25) is 0 Å². The number of fused-ring (bicyclic) bond motifs is 2.